The molecule has 0 aliphatic carbocycles. The van der Waals surface area contributed by atoms with E-state index in [4.69, 9.17) is 10.5 Å². The van der Waals surface area contributed by atoms with Crippen molar-refractivity contribution in [3.8, 4) is 5.88 Å². The van der Waals surface area contributed by atoms with Crippen LogP contribution in [0.15, 0.2) is 18.2 Å². The predicted octanol–water partition coefficient (Wildman–Crippen LogP) is 2.09. The fourth-order valence-corrected chi connectivity index (χ4v) is 2.36. The van der Waals surface area contributed by atoms with Gasteiger partial charge in [-0.2, -0.15) is 5.10 Å². The Labute approximate surface area is 128 Å². The molecule has 0 fully saturated rings. The van der Waals surface area contributed by atoms with Crippen LogP contribution >= 0.6 is 0 Å². The van der Waals surface area contributed by atoms with Crippen LogP contribution in [0.25, 0.3) is 0 Å². The molecule has 0 amide bonds. The summed E-state index contributed by atoms with van der Waals surface area (Å²) in [7, 11) is 3.37. The lowest BCUT2D eigenvalue weighted by Gasteiger charge is -2.09. The van der Waals surface area contributed by atoms with E-state index in [1.165, 1.54) is 12.1 Å². The maximum Gasteiger partial charge on any atom is 0.292 e. The molecule has 0 bridgehead atoms. The van der Waals surface area contributed by atoms with E-state index in [0.717, 1.165) is 17.7 Å². The normalized spacial score (nSPS) is 10.5. The largest absolute Gasteiger partial charge is 0.481 e. The van der Waals surface area contributed by atoms with E-state index in [9.17, 15) is 10.1 Å². The van der Waals surface area contributed by atoms with Crippen molar-refractivity contribution in [1.29, 1.82) is 0 Å². The molecular formula is C14H19N5O3. The number of benzene rings is 1. The number of rotatable bonds is 6. The molecule has 0 saturated carbocycles. The minimum Gasteiger partial charge on any atom is -0.481 e. The molecule has 1 heterocycles. The van der Waals surface area contributed by atoms with Crippen molar-refractivity contribution in [2.45, 2.75) is 19.9 Å². The zero-order valence-electron chi connectivity index (χ0n) is 12.8. The average Bonchev–Trinajstić information content (AvgIpc) is 2.79. The van der Waals surface area contributed by atoms with Gasteiger partial charge in [-0.1, -0.05) is 6.92 Å². The van der Waals surface area contributed by atoms with E-state index in [0.29, 0.717) is 23.8 Å². The number of methoxy groups -OCH3 is 1. The van der Waals surface area contributed by atoms with Crippen LogP contribution < -0.4 is 15.8 Å². The molecule has 8 heteroatoms. The Morgan fingerprint density at radius 1 is 1.50 bits per heavy atom. The highest BCUT2D eigenvalue weighted by atomic mass is 16.6. The van der Waals surface area contributed by atoms with Crippen LogP contribution in [0.4, 0.5) is 17.1 Å². The second-order valence-electron chi connectivity index (χ2n) is 4.80. The number of nitro benzene ring substituents is 1. The number of hydrogen-bond acceptors (Lipinski definition) is 6. The van der Waals surface area contributed by atoms with Gasteiger partial charge in [0.25, 0.3) is 5.69 Å². The van der Waals surface area contributed by atoms with E-state index in [1.807, 2.05) is 6.92 Å². The number of nitrogen functional groups attached to an aromatic ring is 1. The first-order valence-electron chi connectivity index (χ1n) is 6.84. The molecule has 2 aromatic rings. The van der Waals surface area contributed by atoms with E-state index in [-0.39, 0.29) is 5.69 Å². The molecule has 0 spiro atoms. The molecule has 0 saturated heterocycles. The summed E-state index contributed by atoms with van der Waals surface area (Å²) in [5.41, 5.74) is 8.29. The van der Waals surface area contributed by atoms with Gasteiger partial charge in [0.1, 0.15) is 5.69 Å². The summed E-state index contributed by atoms with van der Waals surface area (Å²) in [6, 6.07) is 4.44. The summed E-state index contributed by atoms with van der Waals surface area (Å²) in [6.45, 7) is 2.36. The molecule has 2 rings (SSSR count). The minimum atomic E-state index is -0.441. The van der Waals surface area contributed by atoms with Crippen LogP contribution in [0.3, 0.4) is 0 Å². The number of aryl methyl sites for hydroxylation is 2. The van der Waals surface area contributed by atoms with Crippen molar-refractivity contribution < 1.29 is 9.66 Å². The van der Waals surface area contributed by atoms with Crippen molar-refractivity contribution in [3.05, 3.63) is 39.6 Å². The molecule has 3 N–H and O–H groups in total. The van der Waals surface area contributed by atoms with Gasteiger partial charge in [0, 0.05) is 25.3 Å². The molecule has 22 heavy (non-hydrogen) atoms. The summed E-state index contributed by atoms with van der Waals surface area (Å²) in [5, 5.41) is 18.5. The molecule has 1 aromatic heterocycles. The number of nitro groups is 1. The smallest absolute Gasteiger partial charge is 0.292 e. The van der Waals surface area contributed by atoms with Crippen molar-refractivity contribution in [3.63, 3.8) is 0 Å². The van der Waals surface area contributed by atoms with Gasteiger partial charge in [-0.05, 0) is 18.6 Å². The molecule has 1 aromatic carbocycles. The Morgan fingerprint density at radius 2 is 2.23 bits per heavy atom. The third-order valence-corrected chi connectivity index (χ3v) is 3.37. The fraction of sp³-hybridized carbons (Fsp3) is 0.357. The number of aromatic nitrogens is 2. The fourth-order valence-electron chi connectivity index (χ4n) is 2.36. The maximum atomic E-state index is 11.1. The Balaban J connectivity index is 2.31. The molecule has 8 nitrogen and oxygen atoms in total. The highest BCUT2D eigenvalue weighted by molar-refractivity contribution is 5.67. The van der Waals surface area contributed by atoms with E-state index in [2.05, 4.69) is 10.4 Å². The average molecular weight is 305 g/mol. The van der Waals surface area contributed by atoms with Crippen LogP contribution in [-0.2, 0) is 20.0 Å². The van der Waals surface area contributed by atoms with E-state index >= 15 is 0 Å². The standard InChI is InChI=1S/C14H19N5O3/c1-4-11-10(14(22-3)18(2)17-11)8-16-12-7-9(15)5-6-13(12)19(20)21/h5-7,16H,4,8,15H2,1-3H3. The molecule has 0 atom stereocenters. The summed E-state index contributed by atoms with van der Waals surface area (Å²) < 4.78 is 7.01. The van der Waals surface area contributed by atoms with Crippen molar-refractivity contribution in [1.82, 2.24) is 9.78 Å². The summed E-state index contributed by atoms with van der Waals surface area (Å²) in [6.07, 6.45) is 0.743. The number of nitrogens with zero attached hydrogens (tertiary/aromatic N) is 3. The first kappa shape index (κ1) is 15.6. The topological polar surface area (TPSA) is 108 Å². The highest BCUT2D eigenvalue weighted by Gasteiger charge is 2.18. The number of nitrogens with two attached hydrogens (primary N) is 1. The Hall–Kier alpha value is -2.77. The van der Waals surface area contributed by atoms with E-state index in [1.54, 1.807) is 24.9 Å². The minimum absolute atomic E-state index is 0.0184. The third kappa shape index (κ3) is 2.95. The molecule has 0 aliphatic heterocycles. The summed E-state index contributed by atoms with van der Waals surface area (Å²) >= 11 is 0. The Bertz CT molecular complexity index is 696. The molecule has 118 valence electrons. The zero-order valence-corrected chi connectivity index (χ0v) is 12.8. The molecular weight excluding hydrogens is 286 g/mol. The van der Waals surface area contributed by atoms with Gasteiger partial charge in [-0.25, -0.2) is 4.68 Å². The summed E-state index contributed by atoms with van der Waals surface area (Å²) in [5.74, 6) is 0.635. The lowest BCUT2D eigenvalue weighted by molar-refractivity contribution is -0.383. The van der Waals surface area contributed by atoms with Gasteiger partial charge in [0.05, 0.1) is 23.3 Å². The van der Waals surface area contributed by atoms with Crippen LogP contribution in [-0.4, -0.2) is 21.8 Å². The number of nitrogens with one attached hydrogen (secondary N) is 1. The van der Waals surface area contributed by atoms with Gasteiger partial charge in [0.2, 0.25) is 5.88 Å². The van der Waals surface area contributed by atoms with Crippen molar-refractivity contribution in [2.24, 2.45) is 7.05 Å². The quantitative estimate of drug-likeness (QED) is 0.480. The van der Waals surface area contributed by atoms with Crippen LogP contribution in [0.1, 0.15) is 18.2 Å². The number of anilines is 2. The lowest BCUT2D eigenvalue weighted by Crippen LogP contribution is -2.06. The van der Waals surface area contributed by atoms with Gasteiger partial charge < -0.3 is 15.8 Å². The van der Waals surface area contributed by atoms with Crippen LogP contribution in [0.5, 0.6) is 5.88 Å². The molecule has 0 aliphatic rings. The Kier molecular flexibility index (Phi) is 4.50. The Morgan fingerprint density at radius 3 is 2.82 bits per heavy atom. The first-order valence-corrected chi connectivity index (χ1v) is 6.84. The predicted molar refractivity (Wildman–Crippen MR) is 84.0 cm³/mol. The maximum absolute atomic E-state index is 11.1. The number of hydrogen-bond donors (Lipinski definition) is 2. The molecule has 0 unspecified atom stereocenters. The number of ether oxygens (including phenoxy) is 1. The zero-order chi connectivity index (χ0) is 16.3. The second-order valence-corrected chi connectivity index (χ2v) is 4.80. The SMILES string of the molecule is CCc1nn(C)c(OC)c1CNc1cc(N)ccc1[N+](=O)[O-]. The van der Waals surface area contributed by atoms with Gasteiger partial charge in [-0.15, -0.1) is 0 Å². The van der Waals surface area contributed by atoms with Crippen molar-refractivity contribution in [2.75, 3.05) is 18.2 Å². The monoisotopic (exact) mass is 305 g/mol. The van der Waals surface area contributed by atoms with Gasteiger partial charge in [0.15, 0.2) is 0 Å². The third-order valence-electron chi connectivity index (χ3n) is 3.37. The molecule has 0 radical (unpaired) electrons. The van der Waals surface area contributed by atoms with E-state index < -0.39 is 4.92 Å². The van der Waals surface area contributed by atoms with Gasteiger partial charge >= 0.3 is 0 Å². The highest BCUT2D eigenvalue weighted by Crippen LogP contribution is 2.29. The van der Waals surface area contributed by atoms with Crippen LogP contribution in [0.2, 0.25) is 0 Å². The van der Waals surface area contributed by atoms with Crippen molar-refractivity contribution >= 4 is 17.1 Å². The van der Waals surface area contributed by atoms with Crippen LogP contribution in [0, 0.1) is 10.1 Å². The summed E-state index contributed by atoms with van der Waals surface area (Å²) in [4.78, 5) is 10.6. The van der Waals surface area contributed by atoms with Gasteiger partial charge in [-0.3, -0.25) is 10.1 Å². The lowest BCUT2D eigenvalue weighted by atomic mass is 10.2. The first-order chi connectivity index (χ1) is 10.5. The second kappa shape index (κ2) is 6.33.